The zero-order valence-corrected chi connectivity index (χ0v) is 12.0. The van der Waals surface area contributed by atoms with Gasteiger partial charge in [-0.15, -0.1) is 0 Å². The molecule has 0 saturated heterocycles. The van der Waals surface area contributed by atoms with Crippen molar-refractivity contribution < 1.29 is 4.74 Å². The highest BCUT2D eigenvalue weighted by Gasteiger charge is 2.13. The van der Waals surface area contributed by atoms with Crippen LogP contribution in [0.2, 0.25) is 0 Å². The van der Waals surface area contributed by atoms with Crippen molar-refractivity contribution in [2.45, 2.75) is 9.92 Å². The van der Waals surface area contributed by atoms with E-state index in [1.54, 1.807) is 7.11 Å². The van der Waals surface area contributed by atoms with Crippen molar-refractivity contribution in [1.29, 1.82) is 0 Å². The highest BCUT2D eigenvalue weighted by molar-refractivity contribution is 9.10. The van der Waals surface area contributed by atoms with E-state index >= 15 is 0 Å². The second kappa shape index (κ2) is 6.03. The summed E-state index contributed by atoms with van der Waals surface area (Å²) in [5, 5.41) is 0.701. The Morgan fingerprint density at radius 1 is 1.33 bits per heavy atom. The predicted octanol–water partition coefficient (Wildman–Crippen LogP) is 2.68. The Labute approximate surface area is 117 Å². The number of anilines is 1. The Hall–Kier alpha value is -1.31. The van der Waals surface area contributed by atoms with Gasteiger partial charge in [0, 0.05) is 9.37 Å². The Bertz CT molecular complexity index is 552. The first-order valence-corrected chi connectivity index (χ1v) is 6.65. The number of hydrogen-bond donors (Lipinski definition) is 2. The van der Waals surface area contributed by atoms with Crippen molar-refractivity contribution in [3.05, 3.63) is 35.1 Å². The van der Waals surface area contributed by atoms with Crippen LogP contribution >= 0.6 is 27.7 Å². The molecule has 0 aliphatic rings. The van der Waals surface area contributed by atoms with Gasteiger partial charge in [-0.3, -0.25) is 0 Å². The Balaban J connectivity index is 2.37. The van der Waals surface area contributed by atoms with E-state index in [4.69, 9.17) is 10.6 Å². The van der Waals surface area contributed by atoms with Gasteiger partial charge in [0.25, 0.3) is 0 Å². The van der Waals surface area contributed by atoms with Crippen LogP contribution < -0.4 is 16.0 Å². The number of hydrogen-bond acceptors (Lipinski definition) is 6. The van der Waals surface area contributed by atoms with Gasteiger partial charge in [-0.1, -0.05) is 23.9 Å². The van der Waals surface area contributed by atoms with Gasteiger partial charge in [-0.05, 0) is 28.1 Å². The molecular weight excluding hydrogens is 316 g/mol. The largest absolute Gasteiger partial charge is 0.490 e. The number of ether oxygens (including phenoxy) is 1. The fourth-order valence-electron chi connectivity index (χ4n) is 1.35. The van der Waals surface area contributed by atoms with Gasteiger partial charge in [-0.2, -0.15) is 0 Å². The van der Waals surface area contributed by atoms with Crippen LogP contribution in [0.4, 0.5) is 5.82 Å². The number of rotatable bonds is 4. The number of halogens is 1. The maximum atomic E-state index is 5.38. The lowest BCUT2D eigenvalue weighted by Gasteiger charge is -2.10. The summed E-state index contributed by atoms with van der Waals surface area (Å²) in [6.45, 7) is 0. The molecule has 1 heterocycles. The molecule has 0 unspecified atom stereocenters. The number of nitrogens with two attached hydrogens (primary N) is 1. The fourth-order valence-corrected chi connectivity index (χ4v) is 2.77. The number of nitrogens with zero attached hydrogens (tertiary/aromatic N) is 2. The predicted molar refractivity (Wildman–Crippen MR) is 74.7 cm³/mol. The molecule has 0 amide bonds. The maximum Gasteiger partial charge on any atom is 0.195 e. The molecule has 1 aromatic carbocycles. The summed E-state index contributed by atoms with van der Waals surface area (Å²) in [6, 6.07) is 7.88. The van der Waals surface area contributed by atoms with Crippen LogP contribution in [-0.2, 0) is 0 Å². The van der Waals surface area contributed by atoms with E-state index < -0.39 is 0 Å². The fraction of sp³-hybridized carbons (Fsp3) is 0.0909. The van der Waals surface area contributed by atoms with Gasteiger partial charge in [-0.25, -0.2) is 15.8 Å². The molecule has 7 heteroatoms. The molecule has 5 nitrogen and oxygen atoms in total. The second-order valence-corrected chi connectivity index (χ2v) is 5.12. The summed E-state index contributed by atoms with van der Waals surface area (Å²) in [7, 11) is 1.56. The standard InChI is InChI=1S/C11H11BrN4OS/c1-17-9-10(16-13)14-6-15-11(9)18-8-5-3-2-4-7(8)12/h2-6H,13H2,1H3,(H,14,15,16). The first kappa shape index (κ1) is 13.1. The number of nitrogen functional groups attached to an aromatic ring is 1. The Morgan fingerprint density at radius 3 is 2.78 bits per heavy atom. The minimum absolute atomic E-state index is 0.460. The third-order valence-corrected chi connectivity index (χ3v) is 4.17. The summed E-state index contributed by atoms with van der Waals surface area (Å²) in [6.07, 6.45) is 1.44. The second-order valence-electron chi connectivity index (χ2n) is 3.24. The van der Waals surface area contributed by atoms with Crippen molar-refractivity contribution in [1.82, 2.24) is 9.97 Å². The van der Waals surface area contributed by atoms with Crippen molar-refractivity contribution in [2.24, 2.45) is 5.84 Å². The topological polar surface area (TPSA) is 73.1 Å². The van der Waals surface area contributed by atoms with Crippen molar-refractivity contribution in [2.75, 3.05) is 12.5 Å². The van der Waals surface area contributed by atoms with E-state index in [0.717, 1.165) is 9.37 Å². The summed E-state index contributed by atoms with van der Waals surface area (Å²) in [4.78, 5) is 9.24. The lowest BCUT2D eigenvalue weighted by Crippen LogP contribution is -2.10. The van der Waals surface area contributed by atoms with Gasteiger partial charge in [0.15, 0.2) is 11.6 Å². The molecule has 3 N–H and O–H groups in total. The zero-order valence-electron chi connectivity index (χ0n) is 9.55. The molecule has 1 aromatic heterocycles. The number of aromatic nitrogens is 2. The number of benzene rings is 1. The molecule has 0 atom stereocenters. The molecule has 2 aromatic rings. The molecule has 0 radical (unpaired) electrons. The van der Waals surface area contributed by atoms with Crippen molar-refractivity contribution in [3.8, 4) is 5.75 Å². The molecule has 0 bridgehead atoms. The molecule has 2 rings (SSSR count). The number of hydrazine groups is 1. The van der Waals surface area contributed by atoms with E-state index in [1.807, 2.05) is 24.3 Å². The average molecular weight is 327 g/mol. The third-order valence-electron chi connectivity index (χ3n) is 2.16. The number of nitrogens with one attached hydrogen (secondary N) is 1. The van der Waals surface area contributed by atoms with Gasteiger partial charge < -0.3 is 10.2 Å². The van der Waals surface area contributed by atoms with Crippen LogP contribution in [0.25, 0.3) is 0 Å². The molecule has 0 aliphatic carbocycles. The monoisotopic (exact) mass is 326 g/mol. The first-order valence-electron chi connectivity index (χ1n) is 5.04. The Morgan fingerprint density at radius 2 is 2.11 bits per heavy atom. The lowest BCUT2D eigenvalue weighted by atomic mass is 10.4. The summed E-state index contributed by atoms with van der Waals surface area (Å²) >= 11 is 4.97. The van der Waals surface area contributed by atoms with E-state index in [0.29, 0.717) is 16.6 Å². The highest BCUT2D eigenvalue weighted by atomic mass is 79.9. The van der Waals surface area contributed by atoms with Gasteiger partial charge in [0.05, 0.1) is 7.11 Å². The van der Waals surface area contributed by atoms with Crippen LogP contribution in [-0.4, -0.2) is 17.1 Å². The molecule has 18 heavy (non-hydrogen) atoms. The van der Waals surface area contributed by atoms with Crippen LogP contribution in [0, 0.1) is 0 Å². The van der Waals surface area contributed by atoms with E-state index in [9.17, 15) is 0 Å². The minimum atomic E-state index is 0.460. The summed E-state index contributed by atoms with van der Waals surface area (Å²) < 4.78 is 6.27. The molecule has 94 valence electrons. The van der Waals surface area contributed by atoms with Crippen LogP contribution in [0.15, 0.2) is 45.0 Å². The average Bonchev–Trinajstić information content (AvgIpc) is 2.41. The Kier molecular flexibility index (Phi) is 4.40. The molecule has 0 fully saturated rings. The van der Waals surface area contributed by atoms with Crippen molar-refractivity contribution in [3.63, 3.8) is 0 Å². The number of methoxy groups -OCH3 is 1. The zero-order chi connectivity index (χ0) is 13.0. The summed E-state index contributed by atoms with van der Waals surface area (Å²) in [5.74, 6) is 6.37. The molecule has 0 saturated carbocycles. The highest BCUT2D eigenvalue weighted by Crippen LogP contribution is 2.38. The lowest BCUT2D eigenvalue weighted by molar-refractivity contribution is 0.400. The van der Waals surface area contributed by atoms with Crippen LogP contribution in [0.3, 0.4) is 0 Å². The van der Waals surface area contributed by atoms with E-state index in [2.05, 4.69) is 31.3 Å². The smallest absolute Gasteiger partial charge is 0.195 e. The quantitative estimate of drug-likeness (QED) is 0.511. The van der Waals surface area contributed by atoms with E-state index in [-0.39, 0.29) is 0 Å². The van der Waals surface area contributed by atoms with Crippen LogP contribution in [0.5, 0.6) is 5.75 Å². The van der Waals surface area contributed by atoms with Crippen molar-refractivity contribution >= 4 is 33.5 Å². The normalized spacial score (nSPS) is 10.2. The van der Waals surface area contributed by atoms with Gasteiger partial charge in [0.1, 0.15) is 11.4 Å². The third kappa shape index (κ3) is 2.74. The maximum absolute atomic E-state index is 5.38. The minimum Gasteiger partial charge on any atom is -0.490 e. The van der Waals surface area contributed by atoms with Crippen LogP contribution in [0.1, 0.15) is 0 Å². The first-order chi connectivity index (χ1) is 8.76. The van der Waals surface area contributed by atoms with Gasteiger partial charge in [0.2, 0.25) is 0 Å². The SMILES string of the molecule is COc1c(NN)ncnc1Sc1ccccc1Br. The molecule has 0 aliphatic heterocycles. The van der Waals surface area contributed by atoms with E-state index in [1.165, 1.54) is 18.1 Å². The molecule has 0 spiro atoms. The molecular formula is C11H11BrN4OS. The summed E-state index contributed by atoms with van der Waals surface area (Å²) in [5.41, 5.74) is 2.49. The van der Waals surface area contributed by atoms with Gasteiger partial charge >= 0.3 is 0 Å².